The molecule has 0 saturated heterocycles. The fourth-order valence-electron chi connectivity index (χ4n) is 14.8. The predicted molar refractivity (Wildman–Crippen MR) is 435 cm³/mol. The van der Waals surface area contributed by atoms with Crippen LogP contribution in [0, 0.1) is 0 Å². The van der Waals surface area contributed by atoms with E-state index in [0.717, 1.165) is 110 Å². The van der Waals surface area contributed by atoms with Gasteiger partial charge in [-0.2, -0.15) is 0 Å². The molecule has 18 nitrogen and oxygen atoms in total. The zero-order chi connectivity index (χ0) is 75.2. The standard InChI is InChI=1S/C90H86N16O2/c1-85(2,3)45-19-27-53-61(37-45)77-91-69(53)95-79-65-41-49(89(13,14)15)23-31-57(65)73(99-79)103-83-67-43-51(25-33-59(67)75(105-83)101-81-63-39-47(87(7,8)9)21-29-55(63)71(93-77)97-81)107-35-36-108-52-26-34-60-68(44-52)84-104-74-58-32-24-50(90(16,17)18)42-66(58)80(100-74)96-70-54-28-20-46(86(4,5)6)38-62(54)78(92-70)94-72-56-30-22-48(88(10,11)12)40-64(56)82(98-72)102-76(60)106-84/h19-34,37-44H,35-36H2,1-18H3,(H2,91,93,95,97,99,101,103,105)(H2,92,94,96,98,100,102,104,106). The second-order valence-corrected chi connectivity index (χ2v) is 35.4. The Labute approximate surface area is 626 Å². The lowest BCUT2D eigenvalue weighted by molar-refractivity contribution is 0.217. The summed E-state index contributed by atoms with van der Waals surface area (Å²) < 4.78 is 13.3. The van der Waals surface area contributed by atoms with Gasteiger partial charge in [-0.25, -0.2) is 59.8 Å². The molecule has 0 radical (unpaired) electrons. The maximum absolute atomic E-state index is 6.66. The summed E-state index contributed by atoms with van der Waals surface area (Å²) in [6.07, 6.45) is 0. The monoisotopic (exact) mass is 1420 g/mol. The summed E-state index contributed by atoms with van der Waals surface area (Å²) in [6.45, 7) is 40.4. The summed E-state index contributed by atoms with van der Waals surface area (Å²) in [6, 6.07) is 51.0. The van der Waals surface area contributed by atoms with E-state index in [1.807, 2.05) is 36.4 Å². The fourth-order valence-corrected chi connectivity index (χ4v) is 14.8. The SMILES string of the molecule is CC(C)(C)c1ccc2c(c1)-c1nc-2nc2[nH]c(nc3nc(nc4[nH]c(n1)c1ccc(OCCOc5ccc6c7nc8nc(nc9[nH]c(nc%10nc(nc([nH]7)c6c5)-c5ccc(C(C)(C)C)cc5-%10)c5ccc(C(C)(C)C)cc95)-c5ccc(C(C)(C)C)cc5-8)cc41)-c1ccc(C(C)(C)C)cc1-3)c1ccc(C(C)(C)C)cc21. The lowest BCUT2D eigenvalue weighted by Crippen LogP contribution is -2.10. The van der Waals surface area contributed by atoms with Crippen molar-refractivity contribution in [2.75, 3.05) is 13.2 Å². The molecule has 0 saturated carbocycles. The molecule has 6 aromatic heterocycles. The van der Waals surface area contributed by atoms with Crippen LogP contribution in [-0.4, -0.2) is 93.0 Å². The van der Waals surface area contributed by atoms with Crippen LogP contribution in [-0.2, 0) is 32.5 Å². The van der Waals surface area contributed by atoms with Crippen molar-refractivity contribution in [2.24, 2.45) is 0 Å². The Bertz CT molecular complexity index is 6150. The maximum Gasteiger partial charge on any atom is 0.164 e. The second-order valence-electron chi connectivity index (χ2n) is 35.4. The average molecular weight is 1420 g/mol. The molecule has 4 aliphatic rings. The first-order valence-corrected chi connectivity index (χ1v) is 37.3. The first-order valence-electron chi connectivity index (χ1n) is 37.3. The third kappa shape index (κ3) is 11.8. The molecule has 8 aromatic carbocycles. The van der Waals surface area contributed by atoms with Gasteiger partial charge in [0.05, 0.1) is 0 Å². The number of rotatable bonds is 5. The minimum absolute atomic E-state index is 0.124. The van der Waals surface area contributed by atoms with Crippen LogP contribution in [0.25, 0.3) is 179 Å². The average Bonchev–Trinajstić information content (AvgIpc) is 1.60. The fraction of sp³-hybridized carbons (Fsp3) is 0.289. The Balaban J connectivity index is 0.755. The summed E-state index contributed by atoms with van der Waals surface area (Å²) >= 11 is 0. The molecule has 108 heavy (non-hydrogen) atoms. The van der Waals surface area contributed by atoms with E-state index in [9.17, 15) is 0 Å². The summed E-state index contributed by atoms with van der Waals surface area (Å²) in [7, 11) is 0. The molecule has 14 aromatic rings. The van der Waals surface area contributed by atoms with Crippen molar-refractivity contribution in [3.05, 3.63) is 179 Å². The quantitative estimate of drug-likeness (QED) is 0.117. The number of hydrogen-bond donors (Lipinski definition) is 4. The Hall–Kier alpha value is -11.9. The van der Waals surface area contributed by atoms with Gasteiger partial charge in [0.25, 0.3) is 0 Å². The number of benzene rings is 8. The number of hydrogen-bond acceptors (Lipinski definition) is 14. The molecule has 0 atom stereocenters. The molecule has 16 bridgehead atoms. The molecule has 0 spiro atoms. The molecule has 10 heterocycles. The van der Waals surface area contributed by atoms with Crippen molar-refractivity contribution >= 4 is 88.3 Å². The van der Waals surface area contributed by atoms with E-state index in [1.165, 1.54) is 11.1 Å². The Morgan fingerprint density at radius 2 is 0.398 bits per heavy atom. The van der Waals surface area contributed by atoms with Crippen LogP contribution in [0.4, 0.5) is 0 Å². The summed E-state index contributed by atoms with van der Waals surface area (Å²) in [5.41, 5.74) is 17.9. The molecular weight excluding hydrogens is 1340 g/mol. The van der Waals surface area contributed by atoms with Gasteiger partial charge in [0, 0.05) is 87.6 Å². The van der Waals surface area contributed by atoms with Gasteiger partial charge < -0.3 is 29.4 Å². The van der Waals surface area contributed by atoms with E-state index in [-0.39, 0.29) is 45.7 Å². The minimum atomic E-state index is -0.153. The van der Waals surface area contributed by atoms with Crippen molar-refractivity contribution in [2.45, 2.75) is 157 Å². The van der Waals surface area contributed by atoms with E-state index in [4.69, 9.17) is 69.3 Å². The highest BCUT2D eigenvalue weighted by Gasteiger charge is 2.31. The number of nitrogens with one attached hydrogen (secondary N) is 4. The number of fused-ring (bicyclic) bond motifs is 40. The molecule has 4 aliphatic heterocycles. The molecule has 4 N–H and O–H groups in total. The van der Waals surface area contributed by atoms with Crippen LogP contribution < -0.4 is 9.47 Å². The van der Waals surface area contributed by atoms with Crippen molar-refractivity contribution in [1.82, 2.24) is 79.7 Å². The van der Waals surface area contributed by atoms with Crippen LogP contribution in [0.2, 0.25) is 0 Å². The van der Waals surface area contributed by atoms with Crippen molar-refractivity contribution < 1.29 is 9.47 Å². The minimum Gasteiger partial charge on any atom is -0.490 e. The first kappa shape index (κ1) is 67.9. The molecule has 0 aliphatic carbocycles. The summed E-state index contributed by atoms with van der Waals surface area (Å²) in [5, 5.41) is 6.91. The summed E-state index contributed by atoms with van der Waals surface area (Å²) in [5.74, 6) is 5.47. The molecular formula is C90H86N16O2. The topological polar surface area (TPSA) is 236 Å². The maximum atomic E-state index is 6.66. The summed E-state index contributed by atoms with van der Waals surface area (Å²) in [4.78, 5) is 79.1. The lowest BCUT2D eigenvalue weighted by atomic mass is 9.85. The highest BCUT2D eigenvalue weighted by Crippen LogP contribution is 2.45. The lowest BCUT2D eigenvalue weighted by Gasteiger charge is -2.19. The van der Waals surface area contributed by atoms with Gasteiger partial charge in [0.1, 0.15) is 69.9 Å². The number of ether oxygens (including phenoxy) is 2. The largest absolute Gasteiger partial charge is 0.490 e. The van der Waals surface area contributed by atoms with Crippen molar-refractivity contribution in [1.29, 1.82) is 0 Å². The number of H-pyrrole nitrogens is 4. The van der Waals surface area contributed by atoms with Gasteiger partial charge in [-0.3, -0.25) is 0 Å². The van der Waals surface area contributed by atoms with Crippen LogP contribution in [0.1, 0.15) is 158 Å². The van der Waals surface area contributed by atoms with Crippen molar-refractivity contribution in [3.63, 3.8) is 0 Å². The molecule has 18 heteroatoms. The van der Waals surface area contributed by atoms with E-state index in [1.54, 1.807) is 0 Å². The van der Waals surface area contributed by atoms with E-state index < -0.39 is 0 Å². The van der Waals surface area contributed by atoms with Crippen LogP contribution >= 0.6 is 0 Å². The van der Waals surface area contributed by atoms with Crippen LogP contribution in [0.5, 0.6) is 11.5 Å². The van der Waals surface area contributed by atoms with Gasteiger partial charge in [-0.05, 0) is 139 Å². The molecule has 0 amide bonds. The van der Waals surface area contributed by atoms with Crippen LogP contribution in [0.15, 0.2) is 146 Å². The molecule has 0 unspecified atom stereocenters. The van der Waals surface area contributed by atoms with Gasteiger partial charge in [-0.15, -0.1) is 0 Å². The Morgan fingerprint density at radius 3 is 0.639 bits per heavy atom. The Morgan fingerprint density at radius 1 is 0.204 bits per heavy atom. The molecule has 0 fully saturated rings. The number of aromatic amines is 4. The highest BCUT2D eigenvalue weighted by molar-refractivity contribution is 6.09. The predicted octanol–water partition coefficient (Wildman–Crippen LogP) is 21.3. The second kappa shape index (κ2) is 23.8. The Kier molecular flexibility index (Phi) is 15.0. The molecule has 18 rings (SSSR count). The number of nitrogens with zero attached hydrogens (tertiary/aromatic N) is 12. The zero-order valence-corrected chi connectivity index (χ0v) is 64.5. The van der Waals surface area contributed by atoms with E-state index >= 15 is 0 Å². The molecule has 538 valence electrons. The third-order valence-electron chi connectivity index (χ3n) is 21.4. The van der Waals surface area contributed by atoms with E-state index in [2.05, 4.69) is 254 Å². The van der Waals surface area contributed by atoms with Gasteiger partial charge in [0.2, 0.25) is 0 Å². The normalized spacial score (nSPS) is 13.2. The van der Waals surface area contributed by atoms with Crippen molar-refractivity contribution in [3.8, 4) is 103 Å². The highest BCUT2D eigenvalue weighted by atomic mass is 16.5. The first-order chi connectivity index (χ1) is 51.2. The zero-order valence-electron chi connectivity index (χ0n) is 64.5. The third-order valence-corrected chi connectivity index (χ3v) is 21.4. The number of aromatic nitrogens is 16. The van der Waals surface area contributed by atoms with Gasteiger partial charge in [-0.1, -0.05) is 197 Å². The smallest absolute Gasteiger partial charge is 0.164 e. The van der Waals surface area contributed by atoms with Crippen LogP contribution in [0.3, 0.4) is 0 Å². The van der Waals surface area contributed by atoms with E-state index in [0.29, 0.717) is 103 Å². The van der Waals surface area contributed by atoms with Gasteiger partial charge in [0.15, 0.2) is 46.6 Å². The van der Waals surface area contributed by atoms with Gasteiger partial charge >= 0.3 is 0 Å².